The van der Waals surface area contributed by atoms with Gasteiger partial charge in [0.15, 0.2) is 0 Å². The Morgan fingerprint density at radius 1 is 1.21 bits per heavy atom. The fourth-order valence-electron chi connectivity index (χ4n) is 4.71. The molecule has 1 N–H and O–H groups in total. The summed E-state index contributed by atoms with van der Waals surface area (Å²) in [5.41, 5.74) is 3.66. The quantitative estimate of drug-likeness (QED) is 0.426. The van der Waals surface area contributed by atoms with Crippen molar-refractivity contribution < 1.29 is 13.2 Å². The van der Waals surface area contributed by atoms with Crippen LogP contribution in [-0.2, 0) is 14.6 Å². The van der Waals surface area contributed by atoms with E-state index in [0.717, 1.165) is 37.2 Å². The molecule has 3 heterocycles. The zero-order valence-electron chi connectivity index (χ0n) is 19.6. The number of rotatable bonds is 8. The number of hydrogen-bond acceptors (Lipinski definition) is 7. The summed E-state index contributed by atoms with van der Waals surface area (Å²) in [7, 11) is -3.16. The molecule has 34 heavy (non-hydrogen) atoms. The molecule has 9 heteroatoms. The summed E-state index contributed by atoms with van der Waals surface area (Å²) >= 11 is 6.28. The first-order valence-electron chi connectivity index (χ1n) is 11.6. The van der Waals surface area contributed by atoms with Crippen LogP contribution in [0.3, 0.4) is 0 Å². The van der Waals surface area contributed by atoms with E-state index in [2.05, 4.69) is 34.3 Å². The molecule has 0 saturated carbocycles. The molecule has 1 atom stereocenters. The summed E-state index contributed by atoms with van der Waals surface area (Å²) in [6.45, 7) is 5.80. The lowest BCUT2D eigenvalue weighted by Gasteiger charge is -2.32. The van der Waals surface area contributed by atoms with Crippen LogP contribution >= 0.6 is 11.6 Å². The highest BCUT2D eigenvalue weighted by atomic mass is 35.5. The van der Waals surface area contributed by atoms with E-state index < -0.39 is 15.9 Å². The molecule has 4 rings (SSSR count). The number of benzene rings is 1. The smallest absolute Gasteiger partial charge is 0.149 e. The normalized spacial score (nSPS) is 19.1. The maximum absolute atomic E-state index is 12.1. The second-order valence-electron chi connectivity index (χ2n) is 9.02. The number of nitrogens with zero attached hydrogens (tertiary/aromatic N) is 3. The number of hydrogen-bond donors (Lipinski definition) is 1. The van der Waals surface area contributed by atoms with Gasteiger partial charge in [0.1, 0.15) is 33.1 Å². The van der Waals surface area contributed by atoms with E-state index in [-0.39, 0.29) is 12.3 Å². The van der Waals surface area contributed by atoms with E-state index >= 15 is 0 Å². The lowest BCUT2D eigenvalue weighted by Crippen LogP contribution is -2.32. The van der Waals surface area contributed by atoms with Gasteiger partial charge in [-0.25, -0.2) is 13.4 Å². The second kappa shape index (κ2) is 10.5. The molecule has 0 amide bonds. The van der Waals surface area contributed by atoms with E-state index in [1.807, 2.05) is 18.2 Å². The fourth-order valence-corrected chi connectivity index (χ4v) is 5.45. The van der Waals surface area contributed by atoms with Crippen LogP contribution in [0, 0.1) is 0 Å². The minimum absolute atomic E-state index is 0.0422. The van der Waals surface area contributed by atoms with Crippen LogP contribution in [0.4, 0.5) is 11.5 Å². The molecule has 7 nitrogen and oxygen atoms in total. The van der Waals surface area contributed by atoms with Gasteiger partial charge in [-0.3, -0.25) is 0 Å². The standard InChI is InChI=1S/C25H31ClN4O3S/c1-3-29-11-8-19(9-12-29)18-4-6-21(7-5-18)27-25-24-20(16-23(26)28-25)10-13-30(22(24)17-31)14-15-34(2,32)33/h4-7,10,13,16-17,19,22H,3,8-9,11-12,14-15H2,1-2H3,(H,27,28). The monoisotopic (exact) mass is 502 g/mol. The number of aldehydes is 1. The summed E-state index contributed by atoms with van der Waals surface area (Å²) in [6.07, 6.45) is 7.92. The topological polar surface area (TPSA) is 82.6 Å². The van der Waals surface area contributed by atoms with Crippen molar-refractivity contribution in [1.29, 1.82) is 0 Å². The lowest BCUT2D eigenvalue weighted by molar-refractivity contribution is -0.111. The number of anilines is 2. The predicted octanol–water partition coefficient (Wildman–Crippen LogP) is 4.25. The molecule has 0 bridgehead atoms. The van der Waals surface area contributed by atoms with Crippen LogP contribution in [0.25, 0.3) is 6.08 Å². The SMILES string of the molecule is CCN1CCC(c2ccc(Nc3nc(Cl)cc4c3C(C=O)N(CCS(C)(=O)=O)C=C4)cc2)CC1. The Balaban J connectivity index is 1.55. The Morgan fingerprint density at radius 2 is 1.91 bits per heavy atom. The first kappa shape index (κ1) is 24.7. The molecular weight excluding hydrogens is 472 g/mol. The molecule has 2 aromatic rings. The van der Waals surface area contributed by atoms with E-state index in [0.29, 0.717) is 22.5 Å². The zero-order chi connectivity index (χ0) is 24.3. The van der Waals surface area contributed by atoms with Gasteiger partial charge in [-0.15, -0.1) is 0 Å². The zero-order valence-corrected chi connectivity index (χ0v) is 21.1. The van der Waals surface area contributed by atoms with Gasteiger partial charge in [0.2, 0.25) is 0 Å². The first-order valence-corrected chi connectivity index (χ1v) is 14.1. The second-order valence-corrected chi connectivity index (χ2v) is 11.7. The number of pyridine rings is 1. The number of aromatic nitrogens is 1. The molecule has 1 fully saturated rings. The van der Waals surface area contributed by atoms with Gasteiger partial charge in [-0.05, 0) is 73.8 Å². The summed E-state index contributed by atoms with van der Waals surface area (Å²) < 4.78 is 23.3. The summed E-state index contributed by atoms with van der Waals surface area (Å²) in [5, 5.41) is 3.65. The molecule has 1 aromatic heterocycles. The molecule has 182 valence electrons. The van der Waals surface area contributed by atoms with Crippen LogP contribution in [0.1, 0.15) is 48.4 Å². The third-order valence-electron chi connectivity index (χ3n) is 6.69. The Kier molecular flexibility index (Phi) is 7.60. The Bertz CT molecular complexity index is 1160. The van der Waals surface area contributed by atoms with Crippen LogP contribution in [0.2, 0.25) is 5.15 Å². The maximum Gasteiger partial charge on any atom is 0.149 e. The highest BCUT2D eigenvalue weighted by molar-refractivity contribution is 7.90. The summed E-state index contributed by atoms with van der Waals surface area (Å²) in [6, 6.07) is 9.44. The Hall–Kier alpha value is -2.42. The average molecular weight is 503 g/mol. The van der Waals surface area contributed by atoms with E-state index in [1.165, 1.54) is 24.7 Å². The number of fused-ring (bicyclic) bond motifs is 1. The van der Waals surface area contributed by atoms with Crippen molar-refractivity contribution >= 4 is 45.3 Å². The Morgan fingerprint density at radius 3 is 2.53 bits per heavy atom. The minimum atomic E-state index is -3.16. The van der Waals surface area contributed by atoms with Crippen molar-refractivity contribution in [3.8, 4) is 0 Å². The van der Waals surface area contributed by atoms with Gasteiger partial charge in [0.25, 0.3) is 0 Å². The Labute approximate surface area is 206 Å². The van der Waals surface area contributed by atoms with Crippen LogP contribution in [-0.4, -0.2) is 67.7 Å². The number of piperidine rings is 1. The molecule has 2 aliphatic heterocycles. The number of halogens is 1. The fraction of sp³-hybridized carbons (Fsp3) is 0.440. The van der Waals surface area contributed by atoms with Crippen molar-refractivity contribution in [2.24, 2.45) is 0 Å². The van der Waals surface area contributed by atoms with E-state index in [4.69, 9.17) is 11.6 Å². The van der Waals surface area contributed by atoms with Crippen molar-refractivity contribution in [3.05, 3.63) is 58.4 Å². The van der Waals surface area contributed by atoms with Gasteiger partial charge in [-0.1, -0.05) is 30.7 Å². The van der Waals surface area contributed by atoms with Gasteiger partial charge in [0, 0.05) is 30.3 Å². The number of likely N-dealkylation sites (tertiary alicyclic amines) is 1. The van der Waals surface area contributed by atoms with Crippen molar-refractivity contribution in [2.45, 2.75) is 31.7 Å². The van der Waals surface area contributed by atoms with Crippen molar-refractivity contribution in [2.75, 3.05) is 43.5 Å². The highest BCUT2D eigenvalue weighted by Crippen LogP contribution is 2.37. The van der Waals surface area contributed by atoms with Gasteiger partial charge >= 0.3 is 0 Å². The van der Waals surface area contributed by atoms with Crippen LogP contribution < -0.4 is 5.32 Å². The minimum Gasteiger partial charge on any atom is -0.363 e. The molecule has 0 spiro atoms. The van der Waals surface area contributed by atoms with Crippen molar-refractivity contribution in [3.63, 3.8) is 0 Å². The van der Waals surface area contributed by atoms with Gasteiger partial charge < -0.3 is 19.9 Å². The molecule has 1 saturated heterocycles. The molecule has 2 aliphatic rings. The maximum atomic E-state index is 12.1. The molecule has 1 unspecified atom stereocenters. The van der Waals surface area contributed by atoms with Crippen LogP contribution in [0.5, 0.6) is 0 Å². The third kappa shape index (κ3) is 5.79. The number of nitrogens with one attached hydrogen (secondary N) is 1. The largest absolute Gasteiger partial charge is 0.363 e. The van der Waals surface area contributed by atoms with Gasteiger partial charge in [0.05, 0.1) is 5.75 Å². The van der Waals surface area contributed by atoms with Gasteiger partial charge in [-0.2, -0.15) is 0 Å². The average Bonchev–Trinajstić information content (AvgIpc) is 2.82. The summed E-state index contributed by atoms with van der Waals surface area (Å²) in [5.74, 6) is 1.03. The number of carbonyl (C=O) groups is 1. The third-order valence-corrected chi connectivity index (χ3v) is 7.80. The number of carbonyl (C=O) groups excluding carboxylic acids is 1. The van der Waals surface area contributed by atoms with Crippen LogP contribution in [0.15, 0.2) is 36.5 Å². The van der Waals surface area contributed by atoms with E-state index in [9.17, 15) is 13.2 Å². The molecular formula is C25H31ClN4O3S. The van der Waals surface area contributed by atoms with Crippen molar-refractivity contribution in [1.82, 2.24) is 14.8 Å². The lowest BCUT2D eigenvalue weighted by atomic mass is 9.89. The van der Waals surface area contributed by atoms with E-state index in [1.54, 1.807) is 17.2 Å². The predicted molar refractivity (Wildman–Crippen MR) is 137 cm³/mol. The molecule has 1 aromatic carbocycles. The number of sulfone groups is 1. The first-order chi connectivity index (χ1) is 16.3. The summed E-state index contributed by atoms with van der Waals surface area (Å²) in [4.78, 5) is 20.8. The molecule has 0 radical (unpaired) electrons. The highest BCUT2D eigenvalue weighted by Gasteiger charge is 2.28. The molecule has 0 aliphatic carbocycles.